The van der Waals surface area contributed by atoms with E-state index in [1.165, 1.54) is 37.7 Å². The molecule has 4 bridgehead atoms. The SMILES string of the molecule is CC(=O)N(Cc1cccc(Br)c1)C1C2CC3CC(C2)CC1C3. The number of halogens is 1. The van der Waals surface area contributed by atoms with Crippen molar-refractivity contribution in [1.29, 1.82) is 0 Å². The predicted molar refractivity (Wildman–Crippen MR) is 91.2 cm³/mol. The van der Waals surface area contributed by atoms with E-state index in [4.69, 9.17) is 0 Å². The molecule has 4 aliphatic carbocycles. The lowest BCUT2D eigenvalue weighted by Crippen LogP contribution is -2.56. The summed E-state index contributed by atoms with van der Waals surface area (Å²) in [4.78, 5) is 14.6. The molecule has 2 nitrogen and oxygen atoms in total. The normalized spacial score (nSPS) is 35.6. The Balaban J connectivity index is 1.58. The predicted octanol–water partition coefficient (Wildman–Crippen LogP) is 4.62. The largest absolute Gasteiger partial charge is 0.335 e. The lowest BCUT2D eigenvalue weighted by atomic mass is 9.54. The summed E-state index contributed by atoms with van der Waals surface area (Å²) in [7, 11) is 0. The Labute approximate surface area is 141 Å². The van der Waals surface area contributed by atoms with Crippen molar-refractivity contribution in [3.8, 4) is 0 Å². The van der Waals surface area contributed by atoms with Crippen LogP contribution in [0, 0.1) is 23.7 Å². The van der Waals surface area contributed by atoms with Gasteiger partial charge in [-0.2, -0.15) is 0 Å². The van der Waals surface area contributed by atoms with Crippen LogP contribution >= 0.6 is 15.9 Å². The fraction of sp³-hybridized carbons (Fsp3) is 0.632. The quantitative estimate of drug-likeness (QED) is 0.768. The summed E-state index contributed by atoms with van der Waals surface area (Å²) in [5.41, 5.74) is 1.23. The third kappa shape index (κ3) is 2.62. The second kappa shape index (κ2) is 5.67. The van der Waals surface area contributed by atoms with Crippen molar-refractivity contribution < 1.29 is 4.79 Å². The molecule has 4 saturated carbocycles. The average molecular weight is 362 g/mol. The molecular weight excluding hydrogens is 338 g/mol. The molecule has 4 aliphatic rings. The van der Waals surface area contributed by atoms with Crippen LogP contribution in [0.4, 0.5) is 0 Å². The van der Waals surface area contributed by atoms with Crippen molar-refractivity contribution in [3.63, 3.8) is 0 Å². The molecule has 0 saturated heterocycles. The molecule has 1 amide bonds. The van der Waals surface area contributed by atoms with Crippen molar-refractivity contribution in [3.05, 3.63) is 34.3 Å². The number of carbonyl (C=O) groups excluding carboxylic acids is 1. The van der Waals surface area contributed by atoms with E-state index >= 15 is 0 Å². The summed E-state index contributed by atoms with van der Waals surface area (Å²) in [5.74, 6) is 3.67. The summed E-state index contributed by atoms with van der Waals surface area (Å²) in [6.45, 7) is 2.52. The van der Waals surface area contributed by atoms with E-state index in [0.29, 0.717) is 6.04 Å². The van der Waals surface area contributed by atoms with Gasteiger partial charge in [-0.05, 0) is 73.5 Å². The second-order valence-corrected chi connectivity index (χ2v) is 8.61. The molecule has 5 rings (SSSR count). The first kappa shape index (κ1) is 14.7. The fourth-order valence-corrected chi connectivity index (χ4v) is 6.11. The van der Waals surface area contributed by atoms with Gasteiger partial charge in [-0.1, -0.05) is 28.1 Å². The van der Waals surface area contributed by atoms with Crippen LogP contribution in [0.25, 0.3) is 0 Å². The molecule has 0 N–H and O–H groups in total. The van der Waals surface area contributed by atoms with E-state index in [1.807, 2.05) is 6.07 Å². The van der Waals surface area contributed by atoms with Crippen molar-refractivity contribution in [2.24, 2.45) is 23.7 Å². The number of rotatable bonds is 3. The molecule has 0 aromatic heterocycles. The molecule has 22 heavy (non-hydrogen) atoms. The van der Waals surface area contributed by atoms with E-state index in [2.05, 4.69) is 39.0 Å². The average Bonchev–Trinajstić information content (AvgIpc) is 2.44. The van der Waals surface area contributed by atoms with Gasteiger partial charge in [0.1, 0.15) is 0 Å². The van der Waals surface area contributed by atoms with Crippen molar-refractivity contribution in [2.45, 2.75) is 51.6 Å². The first-order chi connectivity index (χ1) is 10.6. The van der Waals surface area contributed by atoms with E-state index in [0.717, 1.165) is 34.7 Å². The standard InChI is InChI=1S/C19H24BrNO/c1-12(22)21(11-13-3-2-4-18(20)10-13)19-16-6-14-5-15(8-16)9-17(19)7-14/h2-4,10,14-17,19H,5-9,11H2,1H3. The lowest BCUT2D eigenvalue weighted by molar-refractivity contribution is -0.142. The van der Waals surface area contributed by atoms with E-state index in [1.54, 1.807) is 6.92 Å². The number of hydrogen-bond donors (Lipinski definition) is 0. The van der Waals surface area contributed by atoms with Gasteiger partial charge in [-0.15, -0.1) is 0 Å². The summed E-state index contributed by atoms with van der Waals surface area (Å²) >= 11 is 3.54. The topological polar surface area (TPSA) is 20.3 Å². The summed E-state index contributed by atoms with van der Waals surface area (Å²) in [6.07, 6.45) is 6.91. The van der Waals surface area contributed by atoms with E-state index in [9.17, 15) is 4.79 Å². The Kier molecular flexibility index (Phi) is 3.80. The van der Waals surface area contributed by atoms with Crippen molar-refractivity contribution in [1.82, 2.24) is 4.90 Å². The van der Waals surface area contributed by atoms with E-state index in [-0.39, 0.29) is 5.91 Å². The molecule has 118 valence electrons. The molecule has 0 aliphatic heterocycles. The van der Waals surface area contributed by atoms with Crippen LogP contribution in [0.3, 0.4) is 0 Å². The Morgan fingerprint density at radius 1 is 1.14 bits per heavy atom. The Morgan fingerprint density at radius 3 is 2.32 bits per heavy atom. The minimum Gasteiger partial charge on any atom is -0.335 e. The maximum Gasteiger partial charge on any atom is 0.220 e. The van der Waals surface area contributed by atoms with Gasteiger partial charge in [0.15, 0.2) is 0 Å². The molecule has 0 radical (unpaired) electrons. The molecular formula is C19H24BrNO. The third-order valence-electron chi connectivity index (χ3n) is 6.18. The van der Waals surface area contributed by atoms with Crippen LogP contribution in [0.15, 0.2) is 28.7 Å². The van der Waals surface area contributed by atoms with Crippen LogP contribution < -0.4 is 0 Å². The smallest absolute Gasteiger partial charge is 0.220 e. The number of nitrogens with zero attached hydrogens (tertiary/aromatic N) is 1. The minimum absolute atomic E-state index is 0.248. The molecule has 0 heterocycles. The van der Waals surface area contributed by atoms with Gasteiger partial charge in [0.25, 0.3) is 0 Å². The first-order valence-corrected chi connectivity index (χ1v) is 9.41. The highest BCUT2D eigenvalue weighted by molar-refractivity contribution is 9.10. The van der Waals surface area contributed by atoms with Crippen LogP contribution in [0.2, 0.25) is 0 Å². The number of benzene rings is 1. The molecule has 0 atom stereocenters. The number of hydrogen-bond acceptors (Lipinski definition) is 1. The van der Waals surface area contributed by atoms with Crippen LogP contribution in [-0.4, -0.2) is 16.8 Å². The van der Waals surface area contributed by atoms with Crippen molar-refractivity contribution in [2.75, 3.05) is 0 Å². The third-order valence-corrected chi connectivity index (χ3v) is 6.68. The van der Waals surface area contributed by atoms with Gasteiger partial charge in [-0.25, -0.2) is 0 Å². The maximum atomic E-state index is 12.4. The summed E-state index contributed by atoms with van der Waals surface area (Å²) < 4.78 is 1.10. The second-order valence-electron chi connectivity index (χ2n) is 7.70. The molecule has 0 unspecified atom stereocenters. The highest BCUT2D eigenvalue weighted by atomic mass is 79.9. The van der Waals surface area contributed by atoms with Crippen molar-refractivity contribution >= 4 is 21.8 Å². The van der Waals surface area contributed by atoms with Gasteiger partial charge >= 0.3 is 0 Å². The molecule has 1 aromatic carbocycles. The zero-order valence-electron chi connectivity index (χ0n) is 13.2. The van der Waals surface area contributed by atoms with Gasteiger partial charge in [0, 0.05) is 24.0 Å². The lowest BCUT2D eigenvalue weighted by Gasteiger charge is -2.57. The van der Waals surface area contributed by atoms with Crippen LogP contribution in [-0.2, 0) is 11.3 Å². The Morgan fingerprint density at radius 2 is 1.77 bits per heavy atom. The van der Waals surface area contributed by atoms with Gasteiger partial charge in [-0.3, -0.25) is 4.79 Å². The number of carbonyl (C=O) groups is 1. The van der Waals surface area contributed by atoms with Crippen LogP contribution in [0.5, 0.6) is 0 Å². The summed E-state index contributed by atoms with van der Waals surface area (Å²) in [6, 6.07) is 8.88. The molecule has 1 aromatic rings. The van der Waals surface area contributed by atoms with Gasteiger partial charge in [0.05, 0.1) is 0 Å². The van der Waals surface area contributed by atoms with E-state index < -0.39 is 0 Å². The number of amides is 1. The first-order valence-electron chi connectivity index (χ1n) is 8.62. The fourth-order valence-electron chi connectivity index (χ4n) is 5.66. The van der Waals surface area contributed by atoms with Crippen LogP contribution in [0.1, 0.15) is 44.6 Å². The highest BCUT2D eigenvalue weighted by Gasteiger charge is 2.50. The minimum atomic E-state index is 0.248. The van der Waals surface area contributed by atoms with Gasteiger partial charge in [0.2, 0.25) is 5.91 Å². The van der Waals surface area contributed by atoms with Gasteiger partial charge < -0.3 is 4.90 Å². The monoisotopic (exact) mass is 361 g/mol. The molecule has 0 spiro atoms. The summed E-state index contributed by atoms with van der Waals surface area (Å²) in [5, 5.41) is 0. The zero-order chi connectivity index (χ0) is 15.3. The Bertz CT molecular complexity index is 557. The highest BCUT2D eigenvalue weighted by Crippen LogP contribution is 2.55. The maximum absolute atomic E-state index is 12.4. The molecule has 4 fully saturated rings. The molecule has 3 heteroatoms. The Hall–Kier alpha value is -0.830. The zero-order valence-corrected chi connectivity index (χ0v) is 14.8.